The van der Waals surface area contributed by atoms with Crippen LogP contribution in [0.25, 0.3) is 0 Å². The number of ether oxygens (including phenoxy) is 3. The molecule has 0 fully saturated rings. The molecule has 1 heterocycles. The third kappa shape index (κ3) is 7.02. The van der Waals surface area contributed by atoms with Crippen LogP contribution in [-0.2, 0) is 16.0 Å². The van der Waals surface area contributed by atoms with Crippen LogP contribution in [0.4, 0.5) is 0 Å². The third-order valence-electron chi connectivity index (χ3n) is 6.56. The number of carbonyl (C=O) groups is 1. The summed E-state index contributed by atoms with van der Waals surface area (Å²) in [6, 6.07) is 22.7. The molecule has 0 saturated heterocycles. The molecular weight excluding hydrogens is 574 g/mol. The molecule has 4 rings (SSSR count). The van der Waals surface area contributed by atoms with Gasteiger partial charge in [0.2, 0.25) is 5.90 Å². The normalized spacial score (nSPS) is 18.2. The zero-order valence-corrected chi connectivity index (χ0v) is 24.6. The zero-order chi connectivity index (χ0) is 28.5. The Labute approximate surface area is 243 Å². The summed E-state index contributed by atoms with van der Waals surface area (Å²) in [5.41, 5.74) is 7.08. The number of methoxy groups -OCH3 is 1. The maximum absolute atomic E-state index is 14.1. The molecule has 0 aliphatic carbocycles. The highest BCUT2D eigenvalue weighted by Crippen LogP contribution is 2.44. The van der Waals surface area contributed by atoms with Crippen LogP contribution in [0.2, 0.25) is 0 Å². The fourth-order valence-corrected chi connectivity index (χ4v) is 4.89. The van der Waals surface area contributed by atoms with Crippen LogP contribution < -0.4 is 20.3 Å². The summed E-state index contributed by atoms with van der Waals surface area (Å²) < 4.78 is 18.6. The number of aliphatic imine (C=N–C) groups is 1. The lowest BCUT2D eigenvalue weighted by Gasteiger charge is -2.31. The molecule has 0 unspecified atom stereocenters. The van der Waals surface area contributed by atoms with E-state index in [0.717, 1.165) is 21.2 Å². The van der Waals surface area contributed by atoms with Crippen molar-refractivity contribution in [3.05, 3.63) is 94.0 Å². The molecule has 9 heteroatoms. The number of rotatable bonds is 13. The molecule has 0 spiro atoms. The summed E-state index contributed by atoms with van der Waals surface area (Å²) in [6.07, 6.45) is 0.111. The maximum Gasteiger partial charge on any atom is 0.266 e. The van der Waals surface area contributed by atoms with Crippen LogP contribution in [0.1, 0.15) is 43.1 Å². The molecule has 1 aliphatic heterocycles. The quantitative estimate of drug-likeness (QED) is 0.186. The van der Waals surface area contributed by atoms with Crippen molar-refractivity contribution >= 4 is 27.7 Å². The second-order valence-corrected chi connectivity index (χ2v) is 10.9. The smallest absolute Gasteiger partial charge is 0.266 e. The first kappa shape index (κ1) is 29.6. The minimum atomic E-state index is -1.33. The van der Waals surface area contributed by atoms with E-state index >= 15 is 0 Å². The van der Waals surface area contributed by atoms with Crippen molar-refractivity contribution < 1.29 is 24.1 Å². The average Bonchev–Trinajstić information content (AvgIpc) is 3.35. The first-order valence-electron chi connectivity index (χ1n) is 13.4. The number of amides is 1. The molecule has 1 aliphatic rings. The number of carbonyl (C=O) groups excluding carboxylic acids is 1. The van der Waals surface area contributed by atoms with E-state index in [-0.39, 0.29) is 18.9 Å². The Morgan fingerprint density at radius 3 is 2.58 bits per heavy atom. The van der Waals surface area contributed by atoms with Crippen molar-refractivity contribution in [1.82, 2.24) is 10.9 Å². The van der Waals surface area contributed by atoms with Gasteiger partial charge in [0.25, 0.3) is 5.91 Å². The summed E-state index contributed by atoms with van der Waals surface area (Å²) in [6.45, 7) is 5.24. The van der Waals surface area contributed by atoms with Crippen molar-refractivity contribution in [2.75, 3.05) is 26.9 Å². The summed E-state index contributed by atoms with van der Waals surface area (Å²) in [5.74, 6) is 1.74. The number of aliphatic hydroxyl groups excluding tert-OH is 1. The van der Waals surface area contributed by atoms with E-state index in [0.29, 0.717) is 42.9 Å². The van der Waals surface area contributed by atoms with Gasteiger partial charge in [0.05, 0.1) is 13.7 Å². The monoisotopic (exact) mass is 609 g/mol. The van der Waals surface area contributed by atoms with Gasteiger partial charge in [-0.15, -0.1) is 0 Å². The van der Waals surface area contributed by atoms with Gasteiger partial charge < -0.3 is 19.3 Å². The molecular formula is C31H36BrN3O5. The van der Waals surface area contributed by atoms with E-state index in [1.54, 1.807) is 7.11 Å². The highest BCUT2D eigenvalue weighted by molar-refractivity contribution is 9.10. The standard InChI is InChI=1S/C31H36BrN3O5/c1-21(2)20-33-35-30(37)31(19-24-8-4-5-11-27(24)32)28(23-9-6-10-26(18-23)38-3)40-29(34-31)22-12-14-25(15-13-22)39-17-7-16-36/h4-6,8-15,18,21,28,33,36H,7,16-17,19-20H2,1-3H3,(H,35,37)/t28-,31-/m0/s1. The predicted molar refractivity (Wildman–Crippen MR) is 159 cm³/mol. The Bertz CT molecular complexity index is 1310. The summed E-state index contributed by atoms with van der Waals surface area (Å²) in [7, 11) is 1.61. The number of nitrogens with zero attached hydrogens (tertiary/aromatic N) is 1. The molecule has 0 saturated carbocycles. The van der Waals surface area contributed by atoms with Crippen LogP contribution in [0.5, 0.6) is 11.5 Å². The molecule has 0 bridgehead atoms. The Morgan fingerprint density at radius 2 is 1.88 bits per heavy atom. The molecule has 3 aromatic carbocycles. The molecule has 0 radical (unpaired) electrons. The van der Waals surface area contributed by atoms with Crippen molar-refractivity contribution in [2.45, 2.75) is 38.3 Å². The molecule has 40 heavy (non-hydrogen) atoms. The summed E-state index contributed by atoms with van der Waals surface area (Å²) >= 11 is 3.66. The van der Waals surface area contributed by atoms with E-state index in [1.165, 1.54) is 0 Å². The van der Waals surface area contributed by atoms with Crippen molar-refractivity contribution in [1.29, 1.82) is 0 Å². The van der Waals surface area contributed by atoms with E-state index in [1.807, 2.05) is 72.8 Å². The Morgan fingerprint density at radius 1 is 1.10 bits per heavy atom. The van der Waals surface area contributed by atoms with Crippen LogP contribution in [-0.4, -0.2) is 49.3 Å². The lowest BCUT2D eigenvalue weighted by molar-refractivity contribution is -0.130. The minimum absolute atomic E-state index is 0.0715. The number of hydrazine groups is 1. The molecule has 8 nitrogen and oxygen atoms in total. The Kier molecular flexibility index (Phi) is 10.2. The topological polar surface area (TPSA) is 101 Å². The van der Waals surface area contributed by atoms with Crippen LogP contribution in [0.15, 0.2) is 82.3 Å². The fourth-order valence-electron chi connectivity index (χ4n) is 4.46. The molecule has 0 aromatic heterocycles. The highest BCUT2D eigenvalue weighted by atomic mass is 79.9. The third-order valence-corrected chi connectivity index (χ3v) is 7.33. The van der Waals surface area contributed by atoms with Crippen LogP contribution in [0, 0.1) is 5.92 Å². The summed E-state index contributed by atoms with van der Waals surface area (Å²) in [4.78, 5) is 19.2. The zero-order valence-electron chi connectivity index (χ0n) is 23.0. The largest absolute Gasteiger partial charge is 0.497 e. The van der Waals surface area contributed by atoms with Gasteiger partial charge in [0.15, 0.2) is 11.6 Å². The van der Waals surface area contributed by atoms with Gasteiger partial charge in [-0.3, -0.25) is 10.2 Å². The summed E-state index contributed by atoms with van der Waals surface area (Å²) in [5, 5.41) is 9.02. The van der Waals surface area contributed by atoms with Crippen molar-refractivity contribution in [3.63, 3.8) is 0 Å². The van der Waals surface area contributed by atoms with E-state index in [9.17, 15) is 4.79 Å². The molecule has 3 aromatic rings. The van der Waals surface area contributed by atoms with Crippen LogP contribution >= 0.6 is 15.9 Å². The molecule has 212 valence electrons. The van der Waals surface area contributed by atoms with Crippen molar-refractivity contribution in [2.24, 2.45) is 10.9 Å². The number of hydrogen-bond acceptors (Lipinski definition) is 7. The van der Waals surface area contributed by atoms with Gasteiger partial charge in [-0.05, 0) is 59.5 Å². The van der Waals surface area contributed by atoms with E-state index in [4.69, 9.17) is 24.3 Å². The lowest BCUT2D eigenvalue weighted by Crippen LogP contribution is -2.54. The first-order chi connectivity index (χ1) is 19.4. The van der Waals surface area contributed by atoms with Gasteiger partial charge >= 0.3 is 0 Å². The SMILES string of the molecule is COc1cccc([C@@H]2OC(c3ccc(OCCCO)cc3)=N[C@]2(Cc2ccccc2Br)C(=O)NNCC(C)C)c1. The van der Waals surface area contributed by atoms with E-state index < -0.39 is 11.6 Å². The van der Waals surface area contributed by atoms with Gasteiger partial charge in [-0.25, -0.2) is 10.4 Å². The van der Waals surface area contributed by atoms with Crippen molar-refractivity contribution in [3.8, 4) is 11.5 Å². The molecule has 1 amide bonds. The second kappa shape index (κ2) is 13.8. The number of hydrogen-bond donors (Lipinski definition) is 3. The number of aliphatic hydroxyl groups is 1. The van der Waals surface area contributed by atoms with Gasteiger partial charge in [0.1, 0.15) is 11.5 Å². The number of benzene rings is 3. The maximum atomic E-state index is 14.1. The first-order valence-corrected chi connectivity index (χ1v) is 14.2. The van der Waals surface area contributed by atoms with Gasteiger partial charge in [0, 0.05) is 36.0 Å². The lowest BCUT2D eigenvalue weighted by atomic mass is 9.82. The molecule has 3 N–H and O–H groups in total. The second-order valence-electron chi connectivity index (χ2n) is 10.1. The Balaban J connectivity index is 1.78. The van der Waals surface area contributed by atoms with Gasteiger partial charge in [-0.2, -0.15) is 0 Å². The fraction of sp³-hybridized carbons (Fsp3) is 0.355. The number of nitrogens with one attached hydrogen (secondary N) is 2. The molecule has 2 atom stereocenters. The predicted octanol–water partition coefficient (Wildman–Crippen LogP) is 5.00. The van der Waals surface area contributed by atoms with Gasteiger partial charge in [-0.1, -0.05) is 60.1 Å². The minimum Gasteiger partial charge on any atom is -0.497 e. The highest BCUT2D eigenvalue weighted by Gasteiger charge is 2.53. The van der Waals surface area contributed by atoms with Crippen LogP contribution in [0.3, 0.4) is 0 Å². The Hall–Kier alpha value is -3.40. The average molecular weight is 611 g/mol. The van der Waals surface area contributed by atoms with E-state index in [2.05, 4.69) is 40.6 Å². The number of halogens is 1.